The number of halogens is 1. The van der Waals surface area contributed by atoms with Gasteiger partial charge in [-0.1, -0.05) is 0 Å². The number of anilines is 1. The van der Waals surface area contributed by atoms with E-state index >= 15 is 0 Å². The van der Waals surface area contributed by atoms with Crippen LogP contribution in [-0.2, 0) is 0 Å². The zero-order chi connectivity index (χ0) is 14.5. The first-order valence-corrected chi connectivity index (χ1v) is 6.65. The van der Waals surface area contributed by atoms with Gasteiger partial charge in [0.15, 0.2) is 0 Å². The molecule has 0 bridgehead atoms. The largest absolute Gasteiger partial charge is 0.491 e. The summed E-state index contributed by atoms with van der Waals surface area (Å²) in [5, 5.41) is 11.4. The maximum Gasteiger partial charge on any atom is 0.321 e. The maximum atomic E-state index is 13.3. The van der Waals surface area contributed by atoms with E-state index in [4.69, 9.17) is 9.84 Å². The summed E-state index contributed by atoms with van der Waals surface area (Å²) in [6, 6.07) is 3.64. The Morgan fingerprint density at radius 1 is 1.55 bits per heavy atom. The van der Waals surface area contributed by atoms with Crippen molar-refractivity contribution in [3.8, 4) is 5.75 Å². The maximum absolute atomic E-state index is 13.3. The van der Waals surface area contributed by atoms with Crippen LogP contribution in [0.3, 0.4) is 0 Å². The lowest BCUT2D eigenvalue weighted by Gasteiger charge is -2.18. The van der Waals surface area contributed by atoms with E-state index in [1.807, 2.05) is 0 Å². The second kappa shape index (κ2) is 6.56. The van der Waals surface area contributed by atoms with Crippen molar-refractivity contribution in [3.63, 3.8) is 0 Å². The van der Waals surface area contributed by atoms with Crippen molar-refractivity contribution in [2.24, 2.45) is 5.92 Å². The summed E-state index contributed by atoms with van der Waals surface area (Å²) < 4.78 is 18.8. The van der Waals surface area contributed by atoms with E-state index in [0.29, 0.717) is 24.0 Å². The summed E-state index contributed by atoms with van der Waals surface area (Å²) in [6.45, 7) is 0.655. The fourth-order valence-electron chi connectivity index (χ4n) is 1.67. The Morgan fingerprint density at radius 2 is 2.30 bits per heavy atom. The summed E-state index contributed by atoms with van der Waals surface area (Å²) >= 11 is 0. The molecule has 0 radical (unpaired) electrons. The number of ether oxygens (including phenoxy) is 1. The highest BCUT2D eigenvalue weighted by atomic mass is 19.1. The number of nitrogens with one attached hydrogen (secondary N) is 1. The molecule has 6 heteroatoms. The first-order valence-electron chi connectivity index (χ1n) is 6.65. The molecule has 0 aliphatic heterocycles. The number of aliphatic hydroxyl groups is 1. The van der Waals surface area contributed by atoms with Crippen molar-refractivity contribution >= 4 is 11.7 Å². The minimum Gasteiger partial charge on any atom is -0.491 e. The van der Waals surface area contributed by atoms with Crippen molar-refractivity contribution in [3.05, 3.63) is 24.0 Å². The quantitative estimate of drug-likeness (QED) is 0.839. The summed E-state index contributed by atoms with van der Waals surface area (Å²) in [5.41, 5.74) is 0.432. The van der Waals surface area contributed by atoms with Crippen LogP contribution >= 0.6 is 0 Å². The zero-order valence-corrected chi connectivity index (χ0v) is 11.4. The van der Waals surface area contributed by atoms with E-state index in [2.05, 4.69) is 5.32 Å². The standard InChI is InChI=1S/C14H19FN2O3/c1-17(6-7-18)14(19)16-12-5-4-11(15)8-13(12)20-9-10-2-3-10/h4-5,8,10,18H,2-3,6-7,9H2,1H3,(H,16,19). The minimum absolute atomic E-state index is 0.113. The number of rotatable bonds is 6. The molecule has 0 heterocycles. The molecular formula is C14H19FN2O3. The van der Waals surface area contributed by atoms with Crippen LogP contribution in [0.4, 0.5) is 14.9 Å². The number of hydrogen-bond acceptors (Lipinski definition) is 3. The molecule has 2 N–H and O–H groups in total. The third kappa shape index (κ3) is 4.09. The molecule has 110 valence electrons. The monoisotopic (exact) mass is 282 g/mol. The van der Waals surface area contributed by atoms with Gasteiger partial charge in [0.2, 0.25) is 0 Å². The first-order chi connectivity index (χ1) is 9.60. The lowest BCUT2D eigenvalue weighted by Crippen LogP contribution is -2.33. The Hall–Kier alpha value is -1.82. The molecule has 20 heavy (non-hydrogen) atoms. The van der Waals surface area contributed by atoms with Gasteiger partial charge in [0.05, 0.1) is 18.9 Å². The van der Waals surface area contributed by atoms with E-state index in [-0.39, 0.29) is 19.2 Å². The molecule has 5 nitrogen and oxygen atoms in total. The molecular weight excluding hydrogens is 263 g/mol. The van der Waals surface area contributed by atoms with Gasteiger partial charge in [-0.15, -0.1) is 0 Å². The fourth-order valence-corrected chi connectivity index (χ4v) is 1.67. The Kier molecular flexibility index (Phi) is 4.79. The lowest BCUT2D eigenvalue weighted by atomic mass is 10.3. The molecule has 1 aromatic carbocycles. The van der Waals surface area contributed by atoms with Crippen LogP contribution in [0.1, 0.15) is 12.8 Å². The zero-order valence-electron chi connectivity index (χ0n) is 11.4. The number of likely N-dealkylation sites (N-methyl/N-ethyl adjacent to an activating group) is 1. The third-order valence-electron chi connectivity index (χ3n) is 3.14. The number of aliphatic hydroxyl groups excluding tert-OH is 1. The predicted molar refractivity (Wildman–Crippen MR) is 73.4 cm³/mol. The smallest absolute Gasteiger partial charge is 0.321 e. The lowest BCUT2D eigenvalue weighted by molar-refractivity contribution is 0.202. The van der Waals surface area contributed by atoms with Crippen LogP contribution in [0, 0.1) is 11.7 Å². The van der Waals surface area contributed by atoms with Crippen LogP contribution in [-0.4, -0.2) is 42.8 Å². The molecule has 0 saturated heterocycles. The molecule has 0 atom stereocenters. The van der Waals surface area contributed by atoms with Crippen molar-refractivity contribution < 1.29 is 19.0 Å². The highest BCUT2D eigenvalue weighted by Gasteiger charge is 2.22. The van der Waals surface area contributed by atoms with E-state index in [1.54, 1.807) is 7.05 Å². The summed E-state index contributed by atoms with van der Waals surface area (Å²) in [6.07, 6.45) is 2.27. The SMILES string of the molecule is CN(CCO)C(=O)Nc1ccc(F)cc1OCC1CC1. The second-order valence-corrected chi connectivity index (χ2v) is 4.97. The average Bonchev–Trinajstić information content (AvgIpc) is 3.23. The number of carbonyl (C=O) groups is 1. The highest BCUT2D eigenvalue weighted by molar-refractivity contribution is 5.90. The molecule has 1 saturated carbocycles. The van der Waals surface area contributed by atoms with Crippen LogP contribution in [0.25, 0.3) is 0 Å². The van der Waals surface area contributed by atoms with E-state index in [9.17, 15) is 9.18 Å². The Labute approximate surface area is 117 Å². The van der Waals surface area contributed by atoms with Crippen molar-refractivity contribution in [1.82, 2.24) is 4.90 Å². The molecule has 2 amide bonds. The summed E-state index contributed by atoms with van der Waals surface area (Å²) in [7, 11) is 1.57. The topological polar surface area (TPSA) is 61.8 Å². The van der Waals surface area contributed by atoms with Gasteiger partial charge in [0, 0.05) is 19.7 Å². The fraction of sp³-hybridized carbons (Fsp3) is 0.500. The highest BCUT2D eigenvalue weighted by Crippen LogP contribution is 2.32. The number of benzene rings is 1. The predicted octanol–water partition coefficient (Wildman–Crippen LogP) is 2.07. The number of nitrogens with zero attached hydrogens (tertiary/aromatic N) is 1. The number of hydrogen-bond donors (Lipinski definition) is 2. The third-order valence-corrected chi connectivity index (χ3v) is 3.14. The van der Waals surface area contributed by atoms with Gasteiger partial charge in [-0.3, -0.25) is 0 Å². The van der Waals surface area contributed by atoms with E-state index in [1.165, 1.54) is 23.1 Å². The van der Waals surface area contributed by atoms with Crippen molar-refractivity contribution in [2.75, 3.05) is 32.1 Å². The first kappa shape index (κ1) is 14.6. The van der Waals surface area contributed by atoms with E-state index < -0.39 is 5.82 Å². The number of urea groups is 1. The average molecular weight is 282 g/mol. The molecule has 2 rings (SSSR count). The van der Waals surface area contributed by atoms with Gasteiger partial charge in [0.1, 0.15) is 11.6 Å². The Morgan fingerprint density at radius 3 is 2.95 bits per heavy atom. The normalized spacial score (nSPS) is 13.9. The van der Waals surface area contributed by atoms with Crippen LogP contribution in [0.15, 0.2) is 18.2 Å². The van der Waals surface area contributed by atoms with E-state index in [0.717, 1.165) is 12.8 Å². The van der Waals surface area contributed by atoms with Crippen LogP contribution in [0.2, 0.25) is 0 Å². The summed E-state index contributed by atoms with van der Waals surface area (Å²) in [4.78, 5) is 13.2. The molecule has 0 unspecified atom stereocenters. The van der Waals surface area contributed by atoms with Gasteiger partial charge in [-0.25, -0.2) is 9.18 Å². The van der Waals surface area contributed by atoms with Crippen LogP contribution < -0.4 is 10.1 Å². The molecule has 0 aromatic heterocycles. The van der Waals surface area contributed by atoms with Crippen molar-refractivity contribution in [1.29, 1.82) is 0 Å². The molecule has 1 aliphatic rings. The summed E-state index contributed by atoms with van der Waals surface area (Å²) in [5.74, 6) is 0.471. The molecule has 1 aliphatic carbocycles. The van der Waals surface area contributed by atoms with Gasteiger partial charge < -0.3 is 20.1 Å². The van der Waals surface area contributed by atoms with Gasteiger partial charge >= 0.3 is 6.03 Å². The molecule has 0 spiro atoms. The van der Waals surface area contributed by atoms with Crippen LogP contribution in [0.5, 0.6) is 5.75 Å². The molecule has 1 fully saturated rings. The number of amides is 2. The van der Waals surface area contributed by atoms with Gasteiger partial charge in [0.25, 0.3) is 0 Å². The molecule has 1 aromatic rings. The minimum atomic E-state index is -0.405. The number of carbonyl (C=O) groups excluding carboxylic acids is 1. The Balaban J connectivity index is 2.02. The Bertz CT molecular complexity index is 477. The van der Waals surface area contributed by atoms with Crippen molar-refractivity contribution in [2.45, 2.75) is 12.8 Å². The van der Waals surface area contributed by atoms with Gasteiger partial charge in [-0.2, -0.15) is 0 Å². The van der Waals surface area contributed by atoms with Gasteiger partial charge in [-0.05, 0) is 30.9 Å². The second-order valence-electron chi connectivity index (χ2n) is 4.97.